The number of carbonyl (C=O) groups is 1. The van der Waals surface area contributed by atoms with E-state index in [4.69, 9.17) is 4.74 Å². The zero-order chi connectivity index (χ0) is 15.2. The van der Waals surface area contributed by atoms with Crippen LogP contribution in [-0.4, -0.2) is 34.8 Å². The van der Waals surface area contributed by atoms with Gasteiger partial charge in [0.1, 0.15) is 5.60 Å². The van der Waals surface area contributed by atoms with E-state index < -0.39 is 5.60 Å². The van der Waals surface area contributed by atoms with Crippen LogP contribution in [0.15, 0.2) is 5.38 Å². The number of hydrogen-bond donors (Lipinski definition) is 1. The molecule has 7 heteroatoms. The number of fused-ring (bicyclic) bond motifs is 3. The second-order valence-electron chi connectivity index (χ2n) is 7.05. The van der Waals surface area contributed by atoms with Gasteiger partial charge >= 0.3 is 25.0 Å². The van der Waals surface area contributed by atoms with Gasteiger partial charge in [0, 0.05) is 23.9 Å². The van der Waals surface area contributed by atoms with E-state index in [1.165, 1.54) is 10.4 Å². The smallest absolute Gasteiger partial charge is 1.00 e. The molecule has 2 aliphatic rings. The van der Waals surface area contributed by atoms with Crippen molar-refractivity contribution in [2.45, 2.75) is 51.7 Å². The first-order chi connectivity index (χ1) is 9.89. The number of carbonyl (C=O) groups excluding carboxylic acids is 1. The molecular weight excluding hydrogens is 329 g/mol. The van der Waals surface area contributed by atoms with E-state index in [-0.39, 0.29) is 44.0 Å². The zero-order valence-corrected chi connectivity index (χ0v) is 15.8. The average molecular weight is 352 g/mol. The Bertz CT molecular complexity index is 545. The number of hydrogen-bond acceptors (Lipinski definition) is 4. The Morgan fingerprint density at radius 2 is 2.13 bits per heavy atom. The van der Waals surface area contributed by atoms with Gasteiger partial charge in [0.15, 0.2) is 0 Å². The standard InChI is InChI=1S/C16H23NO3S.ClH.Li/c1-16(2,3)20-15(19)17-6-10-4-5-13-14(12(10)7-17)11(8-18)9-21-13;;/h9-10,12,18H,4-8H2,1-3H3;1H;/q;;+1/p-1. The Kier molecular flexibility index (Phi) is 7.07. The first-order valence-corrected chi connectivity index (χ1v) is 8.45. The summed E-state index contributed by atoms with van der Waals surface area (Å²) in [6, 6.07) is 0. The Labute approximate surface area is 160 Å². The molecular formula is C16H23ClLiNO3S. The van der Waals surface area contributed by atoms with Crippen molar-refractivity contribution < 1.29 is 45.9 Å². The zero-order valence-electron chi connectivity index (χ0n) is 14.3. The van der Waals surface area contributed by atoms with Crippen LogP contribution in [0.25, 0.3) is 0 Å². The summed E-state index contributed by atoms with van der Waals surface area (Å²) in [7, 11) is 0. The molecule has 23 heavy (non-hydrogen) atoms. The number of likely N-dealkylation sites (tertiary alicyclic amines) is 1. The number of aliphatic hydroxyl groups excluding tert-OH is 1. The second-order valence-corrected chi connectivity index (χ2v) is 8.01. The number of aryl methyl sites for hydroxylation is 1. The van der Waals surface area contributed by atoms with E-state index in [1.54, 1.807) is 11.3 Å². The molecule has 1 saturated heterocycles. The summed E-state index contributed by atoms with van der Waals surface area (Å²) < 4.78 is 5.49. The van der Waals surface area contributed by atoms with Gasteiger partial charge in [-0.2, -0.15) is 0 Å². The molecule has 2 unspecified atom stereocenters. The molecule has 1 aromatic heterocycles. The van der Waals surface area contributed by atoms with Crippen LogP contribution in [0.4, 0.5) is 4.79 Å². The molecule has 0 saturated carbocycles. The van der Waals surface area contributed by atoms with E-state index in [0.717, 1.165) is 31.5 Å². The quantitative estimate of drug-likeness (QED) is 0.554. The molecule has 1 aliphatic heterocycles. The third kappa shape index (κ3) is 4.27. The van der Waals surface area contributed by atoms with Gasteiger partial charge < -0.3 is 27.2 Å². The number of amides is 1. The third-order valence-electron chi connectivity index (χ3n) is 4.37. The summed E-state index contributed by atoms with van der Waals surface area (Å²) in [6.07, 6.45) is 1.99. The maximum Gasteiger partial charge on any atom is 1.00 e. The van der Waals surface area contributed by atoms with Gasteiger partial charge in [0.05, 0.1) is 6.61 Å². The van der Waals surface area contributed by atoms with Crippen LogP contribution in [-0.2, 0) is 17.8 Å². The van der Waals surface area contributed by atoms with Crippen molar-refractivity contribution >= 4 is 17.4 Å². The number of aliphatic hydroxyl groups is 1. The molecule has 0 bridgehead atoms. The number of ether oxygens (including phenoxy) is 1. The first-order valence-electron chi connectivity index (χ1n) is 7.57. The fraction of sp³-hybridized carbons (Fsp3) is 0.688. The molecule has 3 rings (SSSR count). The van der Waals surface area contributed by atoms with E-state index >= 15 is 0 Å². The third-order valence-corrected chi connectivity index (χ3v) is 5.48. The maximum atomic E-state index is 12.3. The molecule has 2 atom stereocenters. The summed E-state index contributed by atoms with van der Waals surface area (Å²) in [5.41, 5.74) is 1.91. The Balaban J connectivity index is 0.00000132. The van der Waals surface area contributed by atoms with Gasteiger partial charge in [-0.15, -0.1) is 11.3 Å². The maximum absolute atomic E-state index is 12.3. The van der Waals surface area contributed by atoms with Gasteiger partial charge in [0.2, 0.25) is 0 Å². The molecule has 1 aliphatic carbocycles. The normalized spacial score (nSPS) is 22.5. The number of halogens is 1. The van der Waals surface area contributed by atoms with Crippen molar-refractivity contribution in [3.63, 3.8) is 0 Å². The summed E-state index contributed by atoms with van der Waals surface area (Å²) >= 11 is 1.75. The van der Waals surface area contributed by atoms with Gasteiger partial charge in [0.25, 0.3) is 0 Å². The Morgan fingerprint density at radius 3 is 2.74 bits per heavy atom. The van der Waals surface area contributed by atoms with Crippen molar-refractivity contribution in [1.29, 1.82) is 0 Å². The Hall–Kier alpha value is -0.183. The van der Waals surface area contributed by atoms with Crippen LogP contribution >= 0.6 is 11.3 Å². The monoisotopic (exact) mass is 351 g/mol. The van der Waals surface area contributed by atoms with Gasteiger partial charge in [-0.3, -0.25) is 0 Å². The van der Waals surface area contributed by atoms with Crippen molar-refractivity contribution in [1.82, 2.24) is 4.90 Å². The SMILES string of the molecule is CC(C)(C)OC(=O)N1CC2CCc3scc(CO)c3C2C1.[Cl-].[Li+]. The van der Waals surface area contributed by atoms with Crippen LogP contribution in [0.3, 0.4) is 0 Å². The van der Waals surface area contributed by atoms with E-state index in [9.17, 15) is 9.90 Å². The number of nitrogens with zero attached hydrogens (tertiary/aromatic N) is 1. The molecule has 0 radical (unpaired) electrons. The van der Waals surface area contributed by atoms with Crippen molar-refractivity contribution in [3.05, 3.63) is 21.4 Å². The van der Waals surface area contributed by atoms with Crippen LogP contribution in [0.5, 0.6) is 0 Å². The van der Waals surface area contributed by atoms with E-state index in [0.29, 0.717) is 11.8 Å². The van der Waals surface area contributed by atoms with Crippen LogP contribution in [0, 0.1) is 5.92 Å². The fourth-order valence-electron chi connectivity index (χ4n) is 3.49. The molecule has 1 N–H and O–H groups in total. The number of rotatable bonds is 1. The van der Waals surface area contributed by atoms with E-state index in [2.05, 4.69) is 5.38 Å². The van der Waals surface area contributed by atoms with Crippen LogP contribution < -0.4 is 31.3 Å². The minimum Gasteiger partial charge on any atom is -1.00 e. The van der Waals surface area contributed by atoms with E-state index in [1.807, 2.05) is 25.7 Å². The largest absolute Gasteiger partial charge is 1.00 e. The van der Waals surface area contributed by atoms with Crippen molar-refractivity contribution in [3.8, 4) is 0 Å². The molecule has 1 amide bonds. The summed E-state index contributed by atoms with van der Waals surface area (Å²) in [5.74, 6) is 0.875. The average Bonchev–Trinajstić information content (AvgIpc) is 2.99. The van der Waals surface area contributed by atoms with Gasteiger partial charge in [-0.1, -0.05) is 0 Å². The summed E-state index contributed by atoms with van der Waals surface area (Å²) in [5, 5.41) is 11.6. The predicted octanol–water partition coefficient (Wildman–Crippen LogP) is -2.85. The topological polar surface area (TPSA) is 49.8 Å². The predicted molar refractivity (Wildman–Crippen MR) is 82.6 cm³/mol. The first kappa shape index (κ1) is 20.9. The minimum atomic E-state index is -0.450. The summed E-state index contributed by atoms with van der Waals surface area (Å²) in [6.45, 7) is 7.29. The molecule has 2 heterocycles. The van der Waals surface area contributed by atoms with Crippen molar-refractivity contribution in [2.75, 3.05) is 13.1 Å². The summed E-state index contributed by atoms with van der Waals surface area (Å²) in [4.78, 5) is 15.5. The fourth-order valence-corrected chi connectivity index (χ4v) is 4.62. The Morgan fingerprint density at radius 1 is 1.43 bits per heavy atom. The van der Waals surface area contributed by atoms with Gasteiger partial charge in [-0.25, -0.2) is 4.79 Å². The molecule has 1 aromatic rings. The molecule has 124 valence electrons. The number of thiophene rings is 1. The molecule has 4 nitrogen and oxygen atoms in total. The molecule has 0 aromatic carbocycles. The van der Waals surface area contributed by atoms with Gasteiger partial charge in [-0.05, 0) is 56.0 Å². The molecule has 0 spiro atoms. The van der Waals surface area contributed by atoms with Crippen LogP contribution in [0.2, 0.25) is 0 Å². The van der Waals surface area contributed by atoms with Crippen LogP contribution in [0.1, 0.15) is 49.1 Å². The second kappa shape index (κ2) is 7.80. The van der Waals surface area contributed by atoms with Crippen molar-refractivity contribution in [2.24, 2.45) is 5.92 Å². The molecule has 1 fully saturated rings. The minimum absolute atomic E-state index is 0.